The molecular weight excluding hydrogens is 326 g/mol. The van der Waals surface area contributed by atoms with E-state index in [1.54, 1.807) is 18.2 Å². The molecule has 0 saturated heterocycles. The SMILES string of the molecule is O=C(CNc1cc(CO)ccc1Cl)NCc1cc(F)cc(F)c1. The Labute approximate surface area is 137 Å². The number of carbonyl (C=O) groups is 1. The number of aliphatic hydroxyl groups excluding tert-OH is 1. The van der Waals surface area contributed by atoms with E-state index in [4.69, 9.17) is 16.7 Å². The van der Waals surface area contributed by atoms with Crippen molar-refractivity contribution in [2.75, 3.05) is 11.9 Å². The van der Waals surface area contributed by atoms with Crippen LogP contribution in [0.4, 0.5) is 14.5 Å². The Morgan fingerprint density at radius 2 is 1.78 bits per heavy atom. The molecule has 0 aliphatic heterocycles. The molecule has 122 valence electrons. The van der Waals surface area contributed by atoms with Gasteiger partial charge in [0.05, 0.1) is 23.9 Å². The molecule has 0 spiro atoms. The van der Waals surface area contributed by atoms with Crippen LogP contribution in [0.3, 0.4) is 0 Å². The van der Waals surface area contributed by atoms with Crippen molar-refractivity contribution < 1.29 is 18.7 Å². The average Bonchev–Trinajstić information content (AvgIpc) is 2.51. The second-order valence-electron chi connectivity index (χ2n) is 4.88. The highest BCUT2D eigenvalue weighted by Crippen LogP contribution is 2.22. The summed E-state index contributed by atoms with van der Waals surface area (Å²) in [4.78, 5) is 11.8. The summed E-state index contributed by atoms with van der Waals surface area (Å²) in [6, 6.07) is 7.99. The zero-order chi connectivity index (χ0) is 16.8. The molecule has 0 heterocycles. The van der Waals surface area contributed by atoms with Crippen molar-refractivity contribution in [3.8, 4) is 0 Å². The van der Waals surface area contributed by atoms with E-state index in [2.05, 4.69) is 10.6 Å². The Kier molecular flexibility index (Phi) is 5.90. The number of rotatable bonds is 6. The number of aliphatic hydroxyl groups is 1. The van der Waals surface area contributed by atoms with E-state index in [0.29, 0.717) is 21.8 Å². The molecule has 0 atom stereocenters. The van der Waals surface area contributed by atoms with Crippen molar-refractivity contribution in [2.24, 2.45) is 0 Å². The largest absolute Gasteiger partial charge is 0.392 e. The van der Waals surface area contributed by atoms with E-state index >= 15 is 0 Å². The van der Waals surface area contributed by atoms with Crippen molar-refractivity contribution in [1.82, 2.24) is 5.32 Å². The fourth-order valence-electron chi connectivity index (χ4n) is 1.96. The van der Waals surface area contributed by atoms with Gasteiger partial charge in [0.15, 0.2) is 0 Å². The zero-order valence-electron chi connectivity index (χ0n) is 12.1. The average molecular weight is 341 g/mol. The minimum Gasteiger partial charge on any atom is -0.392 e. The number of hydrogen-bond acceptors (Lipinski definition) is 3. The van der Waals surface area contributed by atoms with Gasteiger partial charge in [0.1, 0.15) is 11.6 Å². The quantitative estimate of drug-likeness (QED) is 0.758. The molecule has 3 N–H and O–H groups in total. The molecule has 1 amide bonds. The van der Waals surface area contributed by atoms with E-state index in [1.165, 1.54) is 0 Å². The predicted molar refractivity (Wildman–Crippen MR) is 84.1 cm³/mol. The van der Waals surface area contributed by atoms with Crippen molar-refractivity contribution in [1.29, 1.82) is 0 Å². The summed E-state index contributed by atoms with van der Waals surface area (Å²) in [5.41, 5.74) is 1.51. The normalized spacial score (nSPS) is 10.4. The monoisotopic (exact) mass is 340 g/mol. The highest BCUT2D eigenvalue weighted by Gasteiger charge is 2.06. The number of nitrogens with one attached hydrogen (secondary N) is 2. The summed E-state index contributed by atoms with van der Waals surface area (Å²) < 4.78 is 26.1. The van der Waals surface area contributed by atoms with Gasteiger partial charge in [-0.15, -0.1) is 0 Å². The first-order chi connectivity index (χ1) is 11.0. The molecule has 0 radical (unpaired) electrons. The van der Waals surface area contributed by atoms with Crippen LogP contribution >= 0.6 is 11.6 Å². The van der Waals surface area contributed by atoms with E-state index < -0.39 is 11.6 Å². The van der Waals surface area contributed by atoms with Crippen LogP contribution in [0.2, 0.25) is 5.02 Å². The summed E-state index contributed by atoms with van der Waals surface area (Å²) in [7, 11) is 0. The summed E-state index contributed by atoms with van der Waals surface area (Å²) >= 11 is 5.99. The maximum atomic E-state index is 13.0. The molecule has 23 heavy (non-hydrogen) atoms. The van der Waals surface area contributed by atoms with Crippen molar-refractivity contribution in [3.63, 3.8) is 0 Å². The topological polar surface area (TPSA) is 61.4 Å². The first-order valence-electron chi connectivity index (χ1n) is 6.83. The second-order valence-corrected chi connectivity index (χ2v) is 5.29. The van der Waals surface area contributed by atoms with Gasteiger partial charge in [0.25, 0.3) is 0 Å². The van der Waals surface area contributed by atoms with E-state index in [-0.39, 0.29) is 25.6 Å². The van der Waals surface area contributed by atoms with Gasteiger partial charge in [0, 0.05) is 12.6 Å². The molecule has 4 nitrogen and oxygen atoms in total. The predicted octanol–water partition coefficient (Wildman–Crippen LogP) is 2.84. The standard InChI is InChI=1S/C16H15ClF2N2O2/c17-14-2-1-10(9-22)5-15(14)20-8-16(23)21-7-11-3-12(18)6-13(19)4-11/h1-6,20,22H,7-9H2,(H,21,23). The minimum absolute atomic E-state index is 0.0135. The molecule has 0 aliphatic rings. The van der Waals surface area contributed by atoms with Crippen LogP contribution < -0.4 is 10.6 Å². The van der Waals surface area contributed by atoms with Crippen LogP contribution in [0, 0.1) is 11.6 Å². The lowest BCUT2D eigenvalue weighted by Gasteiger charge is -2.10. The first kappa shape index (κ1) is 17.2. The van der Waals surface area contributed by atoms with E-state index in [0.717, 1.165) is 18.2 Å². The van der Waals surface area contributed by atoms with Gasteiger partial charge in [-0.05, 0) is 35.4 Å². The molecule has 0 aliphatic carbocycles. The van der Waals surface area contributed by atoms with E-state index in [9.17, 15) is 13.6 Å². The van der Waals surface area contributed by atoms with Crippen molar-refractivity contribution in [2.45, 2.75) is 13.2 Å². The molecule has 7 heteroatoms. The van der Waals surface area contributed by atoms with Crippen molar-refractivity contribution >= 4 is 23.2 Å². The van der Waals surface area contributed by atoms with Crippen LogP contribution in [0.5, 0.6) is 0 Å². The number of carbonyl (C=O) groups excluding carboxylic acids is 1. The Balaban J connectivity index is 1.88. The molecule has 2 rings (SSSR count). The third kappa shape index (κ3) is 5.19. The Bertz CT molecular complexity index is 690. The summed E-state index contributed by atoms with van der Waals surface area (Å²) in [6.45, 7) is -0.185. The fourth-order valence-corrected chi connectivity index (χ4v) is 2.14. The van der Waals surface area contributed by atoms with Gasteiger partial charge in [-0.1, -0.05) is 17.7 Å². The summed E-state index contributed by atoms with van der Waals surface area (Å²) in [6.07, 6.45) is 0. The van der Waals surface area contributed by atoms with Gasteiger partial charge < -0.3 is 15.7 Å². The highest BCUT2D eigenvalue weighted by atomic mass is 35.5. The van der Waals surface area contributed by atoms with E-state index in [1.807, 2.05) is 0 Å². The molecule has 0 fully saturated rings. The molecule has 0 unspecified atom stereocenters. The van der Waals surface area contributed by atoms with Gasteiger partial charge in [-0.25, -0.2) is 8.78 Å². The smallest absolute Gasteiger partial charge is 0.239 e. The van der Waals surface area contributed by atoms with Crippen LogP contribution in [-0.2, 0) is 17.9 Å². The number of halogens is 3. The lowest BCUT2D eigenvalue weighted by atomic mass is 10.2. The lowest BCUT2D eigenvalue weighted by Crippen LogP contribution is -2.29. The third-order valence-corrected chi connectivity index (χ3v) is 3.39. The lowest BCUT2D eigenvalue weighted by molar-refractivity contribution is -0.119. The maximum absolute atomic E-state index is 13.0. The molecule has 0 bridgehead atoms. The van der Waals surface area contributed by atoms with Crippen molar-refractivity contribution in [3.05, 3.63) is 64.2 Å². The second kappa shape index (κ2) is 7.89. The maximum Gasteiger partial charge on any atom is 0.239 e. The van der Waals surface area contributed by atoms with Crippen LogP contribution in [-0.4, -0.2) is 17.6 Å². The molecule has 2 aromatic carbocycles. The number of hydrogen-bond donors (Lipinski definition) is 3. The van der Waals surface area contributed by atoms with Crippen LogP contribution in [0.25, 0.3) is 0 Å². The molecule has 0 saturated carbocycles. The number of anilines is 1. The fraction of sp³-hybridized carbons (Fsp3) is 0.188. The summed E-state index contributed by atoms with van der Waals surface area (Å²) in [5, 5.41) is 14.9. The van der Waals surface area contributed by atoms with Gasteiger partial charge in [-0.2, -0.15) is 0 Å². The third-order valence-electron chi connectivity index (χ3n) is 3.06. The zero-order valence-corrected chi connectivity index (χ0v) is 12.8. The van der Waals surface area contributed by atoms with Crippen LogP contribution in [0.1, 0.15) is 11.1 Å². The molecule has 0 aromatic heterocycles. The first-order valence-corrected chi connectivity index (χ1v) is 7.20. The van der Waals surface area contributed by atoms with Gasteiger partial charge in [0.2, 0.25) is 5.91 Å². The number of amides is 1. The van der Waals surface area contributed by atoms with Crippen LogP contribution in [0.15, 0.2) is 36.4 Å². The minimum atomic E-state index is -0.694. The molecule has 2 aromatic rings. The van der Waals surface area contributed by atoms with Gasteiger partial charge in [-0.3, -0.25) is 4.79 Å². The summed E-state index contributed by atoms with van der Waals surface area (Å²) in [5.74, 6) is -1.75. The Hall–Kier alpha value is -2.18. The molecular formula is C16H15ClF2N2O2. The van der Waals surface area contributed by atoms with Gasteiger partial charge >= 0.3 is 0 Å². The Morgan fingerprint density at radius 1 is 1.09 bits per heavy atom. The number of benzene rings is 2. The Morgan fingerprint density at radius 3 is 2.43 bits per heavy atom. The highest BCUT2D eigenvalue weighted by molar-refractivity contribution is 6.33.